The van der Waals surface area contributed by atoms with Crippen molar-refractivity contribution in [3.8, 4) is 0 Å². The predicted octanol–water partition coefficient (Wildman–Crippen LogP) is 4.00. The van der Waals surface area contributed by atoms with Gasteiger partial charge in [-0.05, 0) is 49.0 Å². The van der Waals surface area contributed by atoms with E-state index in [-0.39, 0.29) is 11.9 Å². The number of imide groups is 1. The lowest BCUT2D eigenvalue weighted by molar-refractivity contribution is -0.125. The summed E-state index contributed by atoms with van der Waals surface area (Å²) >= 11 is 0. The molecule has 1 aliphatic heterocycles. The van der Waals surface area contributed by atoms with Crippen LogP contribution >= 0.6 is 0 Å². The summed E-state index contributed by atoms with van der Waals surface area (Å²) in [6, 6.07) is 19.3. The van der Waals surface area contributed by atoms with Crippen LogP contribution in [0.3, 0.4) is 0 Å². The molecule has 1 aliphatic rings. The minimum atomic E-state index is -3.15. The van der Waals surface area contributed by atoms with Gasteiger partial charge in [0.05, 0.1) is 6.04 Å². The normalized spacial score (nSPS) is 17.0. The van der Waals surface area contributed by atoms with Crippen molar-refractivity contribution in [2.24, 2.45) is 0 Å². The fourth-order valence-corrected chi connectivity index (χ4v) is 8.03. The molecule has 0 fully saturated rings. The second-order valence-corrected chi connectivity index (χ2v) is 13.9. The van der Waals surface area contributed by atoms with Crippen LogP contribution in [0.25, 0.3) is 0 Å². The number of amides is 2. The maximum absolute atomic E-state index is 12.6. The topological polar surface area (TPSA) is 66.8 Å². The maximum Gasteiger partial charge on any atom is 0.417 e. The number of hydrogen-bond donors (Lipinski definition) is 1. The maximum atomic E-state index is 12.6. The smallest absolute Gasteiger partial charge is 0.417 e. The van der Waals surface area contributed by atoms with Crippen LogP contribution in [-0.2, 0) is 9.53 Å². The molecular formula is C26H33NO4Si. The largest absolute Gasteiger partial charge is 0.443 e. The second kappa shape index (κ2) is 9.04. The first-order chi connectivity index (χ1) is 15.0. The van der Waals surface area contributed by atoms with Crippen molar-refractivity contribution < 1.29 is 19.1 Å². The van der Waals surface area contributed by atoms with Crippen LogP contribution in [0.1, 0.15) is 47.5 Å². The van der Waals surface area contributed by atoms with Crippen molar-refractivity contribution in [2.45, 2.75) is 64.1 Å². The minimum absolute atomic E-state index is 0.360. The van der Waals surface area contributed by atoms with Crippen LogP contribution in [-0.4, -0.2) is 41.7 Å². The molecule has 0 radical (unpaired) electrons. The van der Waals surface area contributed by atoms with E-state index in [0.717, 1.165) is 10.4 Å². The van der Waals surface area contributed by atoms with Crippen molar-refractivity contribution in [3.63, 3.8) is 0 Å². The summed E-state index contributed by atoms with van der Waals surface area (Å²) in [5.41, 5.74) is -0.683. The van der Waals surface area contributed by atoms with Gasteiger partial charge in [-0.1, -0.05) is 80.6 Å². The first-order valence-corrected chi connectivity index (χ1v) is 13.0. The highest BCUT2D eigenvalue weighted by Gasteiger charge is 2.50. The van der Waals surface area contributed by atoms with Gasteiger partial charge in [-0.25, -0.2) is 9.69 Å². The monoisotopic (exact) mass is 451 g/mol. The van der Waals surface area contributed by atoms with Gasteiger partial charge < -0.3 is 9.53 Å². The molecule has 0 aliphatic carbocycles. The first-order valence-electron chi connectivity index (χ1n) is 11.0. The molecule has 2 aromatic carbocycles. The zero-order valence-corrected chi connectivity index (χ0v) is 20.5. The number of hydrogen-bond acceptors (Lipinski definition) is 4. The highest BCUT2D eigenvalue weighted by Crippen LogP contribution is 2.41. The zero-order chi connectivity index (χ0) is 23.6. The van der Waals surface area contributed by atoms with Crippen molar-refractivity contribution in [2.75, 3.05) is 0 Å². The summed E-state index contributed by atoms with van der Waals surface area (Å²) in [5, 5.41) is 1.42. The number of carbonyl (C=O) groups excluding carboxylic acids is 2. The van der Waals surface area contributed by atoms with Gasteiger partial charge in [0.15, 0.2) is 0 Å². The van der Waals surface area contributed by atoms with Gasteiger partial charge >= 0.3 is 6.09 Å². The summed E-state index contributed by atoms with van der Waals surface area (Å²) in [5.74, 6) is -0.360. The van der Waals surface area contributed by atoms with E-state index in [0.29, 0.717) is 12.8 Å². The third kappa shape index (κ3) is 4.86. The molecule has 170 valence electrons. The lowest BCUT2D eigenvalue weighted by Crippen LogP contribution is -2.65. The molecule has 1 heterocycles. The van der Waals surface area contributed by atoms with E-state index >= 15 is 0 Å². The van der Waals surface area contributed by atoms with Gasteiger partial charge in [0.25, 0.3) is 14.2 Å². The number of nitrogens with zero attached hydrogens (tertiary/aromatic N) is 1. The predicted molar refractivity (Wildman–Crippen MR) is 129 cm³/mol. The van der Waals surface area contributed by atoms with Crippen molar-refractivity contribution in [1.82, 2.24) is 4.90 Å². The standard InChI is InChI=1S/C26H33NO4Si/c1-25(2,3)31-24(29)27-20(16-17-23(27)28)18-19-26(4,5)32(30,21-12-8-6-9-13-21)22-14-10-7-11-15-22/h6-17,20,30H,18-19H2,1-5H3/t20-/m1/s1. The molecule has 0 spiro atoms. The Morgan fingerprint density at radius 3 is 1.94 bits per heavy atom. The van der Waals surface area contributed by atoms with Crippen molar-refractivity contribution in [3.05, 3.63) is 72.8 Å². The van der Waals surface area contributed by atoms with Gasteiger partial charge in [0.2, 0.25) is 0 Å². The van der Waals surface area contributed by atoms with E-state index in [4.69, 9.17) is 4.74 Å². The zero-order valence-electron chi connectivity index (χ0n) is 19.5. The van der Waals surface area contributed by atoms with E-state index in [2.05, 4.69) is 13.8 Å². The number of carbonyl (C=O) groups is 2. The second-order valence-electron chi connectivity index (χ2n) is 9.98. The van der Waals surface area contributed by atoms with Crippen molar-refractivity contribution >= 4 is 30.7 Å². The number of rotatable bonds is 6. The van der Waals surface area contributed by atoms with Crippen LogP contribution < -0.4 is 10.4 Å². The molecule has 3 rings (SSSR count). The van der Waals surface area contributed by atoms with Gasteiger partial charge in [-0.15, -0.1) is 0 Å². The summed E-state index contributed by atoms with van der Waals surface area (Å²) in [7, 11) is -3.15. The van der Waals surface area contributed by atoms with Gasteiger partial charge in [-0.2, -0.15) is 0 Å². The Morgan fingerprint density at radius 1 is 0.969 bits per heavy atom. The number of ether oxygens (including phenoxy) is 1. The lowest BCUT2D eigenvalue weighted by atomic mass is 10.0. The van der Waals surface area contributed by atoms with Gasteiger partial charge in [-0.3, -0.25) is 4.79 Å². The molecule has 0 saturated heterocycles. The molecule has 2 amide bonds. The van der Waals surface area contributed by atoms with E-state index in [1.54, 1.807) is 26.8 Å². The van der Waals surface area contributed by atoms with E-state index in [1.807, 2.05) is 60.7 Å². The Morgan fingerprint density at radius 2 is 1.47 bits per heavy atom. The molecule has 1 atom stereocenters. The summed E-state index contributed by atoms with van der Waals surface area (Å²) in [6.45, 7) is 9.50. The quantitative estimate of drug-likeness (QED) is 0.674. The molecule has 32 heavy (non-hydrogen) atoms. The Bertz CT molecular complexity index is 940. The minimum Gasteiger partial charge on any atom is -0.443 e. The molecule has 0 saturated carbocycles. The third-order valence-electron chi connectivity index (χ3n) is 6.05. The molecule has 1 N–H and O–H groups in total. The summed E-state index contributed by atoms with van der Waals surface area (Å²) in [4.78, 5) is 38.5. The molecule has 0 unspecified atom stereocenters. The Labute approximate surface area is 191 Å². The molecular weight excluding hydrogens is 418 g/mol. The van der Waals surface area contributed by atoms with Gasteiger partial charge in [0.1, 0.15) is 5.60 Å². The van der Waals surface area contributed by atoms with Crippen LogP contribution in [0.2, 0.25) is 5.04 Å². The van der Waals surface area contributed by atoms with Crippen LogP contribution in [0.4, 0.5) is 4.79 Å². The lowest BCUT2D eigenvalue weighted by Gasteiger charge is -2.42. The van der Waals surface area contributed by atoms with E-state index in [1.165, 1.54) is 11.0 Å². The van der Waals surface area contributed by atoms with E-state index in [9.17, 15) is 14.4 Å². The SMILES string of the molecule is CC(C)(C)OC(=O)N1C(=O)C=C[C@@H]1CCC(C)(C)[Si](O)(c1ccccc1)c1ccccc1. The fraction of sp³-hybridized carbons (Fsp3) is 0.385. The van der Waals surface area contributed by atoms with Gasteiger partial charge in [0, 0.05) is 6.08 Å². The number of benzene rings is 2. The summed E-state index contributed by atoms with van der Waals surface area (Å²) in [6.07, 6.45) is 3.73. The van der Waals surface area contributed by atoms with Crippen LogP contribution in [0.5, 0.6) is 0 Å². The average Bonchev–Trinajstić information content (AvgIpc) is 3.12. The fourth-order valence-electron chi connectivity index (χ4n) is 4.28. The van der Waals surface area contributed by atoms with Crippen molar-refractivity contribution in [1.29, 1.82) is 0 Å². The molecule has 0 bridgehead atoms. The molecule has 0 aromatic heterocycles. The Kier molecular flexibility index (Phi) is 6.77. The summed E-state index contributed by atoms with van der Waals surface area (Å²) < 4.78 is 5.45. The van der Waals surface area contributed by atoms with Crippen LogP contribution in [0.15, 0.2) is 72.8 Å². The van der Waals surface area contributed by atoms with Crippen LogP contribution in [0, 0.1) is 0 Å². The first kappa shape index (κ1) is 23.9. The Balaban J connectivity index is 1.87. The molecule has 2 aromatic rings. The molecule has 6 heteroatoms. The highest BCUT2D eigenvalue weighted by molar-refractivity contribution is 6.98. The molecule has 5 nitrogen and oxygen atoms in total. The Hall–Kier alpha value is -2.70. The van der Waals surface area contributed by atoms with E-state index < -0.39 is 25.0 Å². The highest BCUT2D eigenvalue weighted by atomic mass is 28.4. The average molecular weight is 452 g/mol. The third-order valence-corrected chi connectivity index (χ3v) is 10.6.